The van der Waals surface area contributed by atoms with Crippen molar-refractivity contribution in [2.24, 2.45) is 5.10 Å². The lowest BCUT2D eigenvalue weighted by atomic mass is 10.1. The highest BCUT2D eigenvalue weighted by Crippen LogP contribution is 2.32. The molecule has 0 spiro atoms. The number of halogens is 1. The Morgan fingerprint density at radius 1 is 1.21 bits per heavy atom. The van der Waals surface area contributed by atoms with Gasteiger partial charge in [0, 0.05) is 5.56 Å². The van der Waals surface area contributed by atoms with Crippen molar-refractivity contribution < 1.29 is 19.4 Å². The molecule has 0 saturated heterocycles. The molecule has 122 valence electrons. The molecule has 24 heavy (non-hydrogen) atoms. The van der Waals surface area contributed by atoms with E-state index in [1.807, 2.05) is 0 Å². The molecule has 3 aromatic rings. The summed E-state index contributed by atoms with van der Waals surface area (Å²) >= 11 is 5.95. The van der Waals surface area contributed by atoms with Crippen LogP contribution in [0.1, 0.15) is 21.7 Å². The molecule has 0 aliphatic rings. The number of phenols is 2. The molecule has 0 aliphatic heterocycles. The molecule has 2 aromatic carbocycles. The predicted octanol–water partition coefficient (Wildman–Crippen LogP) is 3.57. The molecule has 0 aliphatic carbocycles. The van der Waals surface area contributed by atoms with Crippen molar-refractivity contribution in [3.8, 4) is 11.5 Å². The van der Waals surface area contributed by atoms with Gasteiger partial charge in [-0.2, -0.15) is 5.10 Å². The molecular formula is C17H13ClN2O4. The number of rotatable bonds is 3. The highest BCUT2D eigenvalue weighted by atomic mass is 35.5. The number of carbonyl (C=O) groups excluding carboxylic acids is 1. The lowest BCUT2D eigenvalue weighted by Gasteiger charge is -2.01. The van der Waals surface area contributed by atoms with Crippen LogP contribution in [0, 0.1) is 6.92 Å². The van der Waals surface area contributed by atoms with Gasteiger partial charge in [0.1, 0.15) is 17.1 Å². The number of furan rings is 1. The lowest BCUT2D eigenvalue weighted by Crippen LogP contribution is -2.17. The fraction of sp³-hybridized carbons (Fsp3) is 0.0588. The summed E-state index contributed by atoms with van der Waals surface area (Å²) < 4.78 is 5.47. The molecule has 0 fully saturated rings. The molecular weight excluding hydrogens is 332 g/mol. The van der Waals surface area contributed by atoms with Gasteiger partial charge in [-0.15, -0.1) is 0 Å². The number of phenolic OH excluding ortho intramolecular Hbond substituents is 2. The fourth-order valence-corrected chi connectivity index (χ4v) is 2.58. The summed E-state index contributed by atoms with van der Waals surface area (Å²) in [4.78, 5) is 12.2. The number of hydrazone groups is 1. The lowest BCUT2D eigenvalue weighted by molar-refractivity contribution is 0.0929. The Balaban J connectivity index is 1.85. The third-order valence-electron chi connectivity index (χ3n) is 3.53. The third kappa shape index (κ3) is 2.79. The van der Waals surface area contributed by atoms with E-state index in [1.165, 1.54) is 18.3 Å². The summed E-state index contributed by atoms with van der Waals surface area (Å²) in [7, 11) is 0. The summed E-state index contributed by atoms with van der Waals surface area (Å²) in [5.41, 5.74) is 3.52. The van der Waals surface area contributed by atoms with Gasteiger partial charge >= 0.3 is 5.91 Å². The van der Waals surface area contributed by atoms with Crippen LogP contribution in [0.15, 0.2) is 45.9 Å². The van der Waals surface area contributed by atoms with Crippen molar-refractivity contribution in [1.29, 1.82) is 0 Å². The summed E-state index contributed by atoms with van der Waals surface area (Å²) in [6.07, 6.45) is 1.24. The van der Waals surface area contributed by atoms with Gasteiger partial charge in [0.2, 0.25) is 0 Å². The topological polar surface area (TPSA) is 95.1 Å². The average molecular weight is 345 g/mol. The number of carbonyl (C=O) groups is 1. The van der Waals surface area contributed by atoms with Gasteiger partial charge < -0.3 is 14.6 Å². The second-order valence-corrected chi connectivity index (χ2v) is 5.49. The minimum atomic E-state index is -0.578. The average Bonchev–Trinajstić information content (AvgIpc) is 2.88. The highest BCUT2D eigenvalue weighted by molar-refractivity contribution is 6.33. The molecule has 1 heterocycles. The van der Waals surface area contributed by atoms with Gasteiger partial charge in [-0.05, 0) is 31.2 Å². The van der Waals surface area contributed by atoms with E-state index in [0.29, 0.717) is 27.1 Å². The maximum absolute atomic E-state index is 12.2. The van der Waals surface area contributed by atoms with Crippen LogP contribution in [0.2, 0.25) is 5.02 Å². The Bertz CT molecular complexity index is 942. The van der Waals surface area contributed by atoms with Crippen LogP contribution < -0.4 is 5.43 Å². The van der Waals surface area contributed by atoms with E-state index in [0.717, 1.165) is 0 Å². The zero-order chi connectivity index (χ0) is 17.3. The molecule has 0 bridgehead atoms. The van der Waals surface area contributed by atoms with Crippen molar-refractivity contribution in [3.63, 3.8) is 0 Å². The van der Waals surface area contributed by atoms with Crippen LogP contribution in [-0.4, -0.2) is 22.3 Å². The Kier molecular flexibility index (Phi) is 4.14. The van der Waals surface area contributed by atoms with Crippen LogP contribution in [0.5, 0.6) is 11.5 Å². The van der Waals surface area contributed by atoms with E-state index in [1.54, 1.807) is 31.2 Å². The summed E-state index contributed by atoms with van der Waals surface area (Å²) in [6.45, 7) is 1.67. The summed E-state index contributed by atoms with van der Waals surface area (Å²) in [6, 6.07) is 9.45. The first kappa shape index (κ1) is 15.9. The van der Waals surface area contributed by atoms with Crippen molar-refractivity contribution in [3.05, 3.63) is 58.3 Å². The number of aryl methyl sites for hydroxylation is 1. The Morgan fingerprint density at radius 3 is 2.62 bits per heavy atom. The molecule has 0 saturated carbocycles. The van der Waals surface area contributed by atoms with Crippen molar-refractivity contribution in [2.75, 3.05) is 0 Å². The van der Waals surface area contributed by atoms with E-state index in [2.05, 4.69) is 10.5 Å². The van der Waals surface area contributed by atoms with E-state index >= 15 is 0 Å². The van der Waals surface area contributed by atoms with Gasteiger partial charge in [-0.25, -0.2) is 5.43 Å². The molecule has 3 rings (SSSR count). The van der Waals surface area contributed by atoms with Crippen molar-refractivity contribution in [2.45, 2.75) is 6.92 Å². The minimum Gasteiger partial charge on any atom is -0.507 e. The Labute approximate surface area is 142 Å². The van der Waals surface area contributed by atoms with Crippen LogP contribution in [0.4, 0.5) is 0 Å². The number of aromatic hydroxyl groups is 2. The smallest absolute Gasteiger partial charge is 0.307 e. The third-order valence-corrected chi connectivity index (χ3v) is 3.86. The Morgan fingerprint density at radius 2 is 1.92 bits per heavy atom. The molecule has 1 amide bonds. The van der Waals surface area contributed by atoms with E-state index in [-0.39, 0.29) is 17.3 Å². The minimum absolute atomic E-state index is 0.0392. The first-order valence-electron chi connectivity index (χ1n) is 7.01. The molecule has 0 unspecified atom stereocenters. The predicted molar refractivity (Wildman–Crippen MR) is 90.8 cm³/mol. The molecule has 6 nitrogen and oxygen atoms in total. The van der Waals surface area contributed by atoms with Crippen LogP contribution in [-0.2, 0) is 0 Å². The van der Waals surface area contributed by atoms with Gasteiger partial charge in [-0.3, -0.25) is 4.79 Å². The maximum atomic E-state index is 12.2. The molecule has 0 atom stereocenters. The number of benzene rings is 2. The fourth-order valence-electron chi connectivity index (χ4n) is 2.36. The molecule has 1 aromatic heterocycles. The number of amides is 1. The van der Waals surface area contributed by atoms with E-state index < -0.39 is 5.91 Å². The van der Waals surface area contributed by atoms with Crippen molar-refractivity contribution >= 4 is 34.7 Å². The maximum Gasteiger partial charge on any atom is 0.307 e. The van der Waals surface area contributed by atoms with Crippen LogP contribution in [0.25, 0.3) is 11.0 Å². The number of nitrogens with zero attached hydrogens (tertiary/aromatic N) is 1. The summed E-state index contributed by atoms with van der Waals surface area (Å²) in [5.74, 6) is -0.541. The van der Waals surface area contributed by atoms with Crippen LogP contribution in [0.3, 0.4) is 0 Å². The molecule has 7 heteroatoms. The number of hydrogen-bond acceptors (Lipinski definition) is 5. The van der Waals surface area contributed by atoms with Crippen LogP contribution >= 0.6 is 11.6 Å². The monoisotopic (exact) mass is 344 g/mol. The zero-order valence-electron chi connectivity index (χ0n) is 12.6. The number of hydrogen-bond donors (Lipinski definition) is 3. The second-order valence-electron chi connectivity index (χ2n) is 5.08. The van der Waals surface area contributed by atoms with E-state index in [9.17, 15) is 15.0 Å². The van der Waals surface area contributed by atoms with Gasteiger partial charge in [0.25, 0.3) is 0 Å². The first-order valence-corrected chi connectivity index (χ1v) is 7.39. The second kappa shape index (κ2) is 6.25. The number of fused-ring (bicyclic) bond motifs is 1. The quantitative estimate of drug-likeness (QED) is 0.500. The highest BCUT2D eigenvalue weighted by Gasteiger charge is 2.19. The van der Waals surface area contributed by atoms with Gasteiger partial charge in [0.05, 0.1) is 22.2 Å². The van der Waals surface area contributed by atoms with Gasteiger partial charge in [-0.1, -0.05) is 23.7 Å². The Hall–Kier alpha value is -2.99. The zero-order valence-corrected chi connectivity index (χ0v) is 13.3. The SMILES string of the molecule is Cc1c(C(=O)N/N=C\c2c(O)cccc2Cl)oc2cccc(O)c12. The number of nitrogens with one attached hydrogen (secondary N) is 1. The van der Waals surface area contributed by atoms with E-state index in [4.69, 9.17) is 16.0 Å². The van der Waals surface area contributed by atoms with Crippen molar-refractivity contribution in [1.82, 2.24) is 5.43 Å². The summed E-state index contributed by atoms with van der Waals surface area (Å²) in [5, 5.41) is 24.1. The molecule has 3 N–H and O–H groups in total. The standard InChI is InChI=1S/C17H13ClN2O4/c1-9-15-13(22)6-3-7-14(15)24-16(9)17(23)20-19-8-10-11(18)4-2-5-12(10)21/h2-8,21-22H,1H3,(H,20,23)/b19-8-. The largest absolute Gasteiger partial charge is 0.507 e. The molecule has 0 radical (unpaired) electrons. The normalized spacial score (nSPS) is 11.2. The first-order chi connectivity index (χ1) is 11.5. The van der Waals surface area contributed by atoms with Gasteiger partial charge in [0.15, 0.2) is 5.76 Å².